The molecule has 1 saturated heterocycles. The molecule has 8 amide bonds. The zero-order valence-electron chi connectivity index (χ0n) is 32.1. The number of aliphatic imine (C=N–C) groups is 1. The van der Waals surface area contributed by atoms with Crippen molar-refractivity contribution in [1.29, 1.82) is 0 Å². The van der Waals surface area contributed by atoms with Crippen molar-refractivity contribution < 1.29 is 58.2 Å². The number of hydrogen-bond acceptors (Lipinski definition) is 12. The summed E-state index contributed by atoms with van der Waals surface area (Å²) in [5.74, 6) is -14.1. The van der Waals surface area contributed by atoms with E-state index in [1.165, 1.54) is 20.8 Å². The van der Waals surface area contributed by atoms with Crippen molar-refractivity contribution >= 4 is 77.8 Å². The number of benzene rings is 1. The number of nitrogens with two attached hydrogens (primary N) is 2. The Bertz CT molecular complexity index is 1740. The van der Waals surface area contributed by atoms with Crippen molar-refractivity contribution in [3.63, 3.8) is 0 Å². The third kappa shape index (κ3) is 15.3. The zero-order valence-corrected chi connectivity index (χ0v) is 33.0. The molecule has 1 aromatic carbocycles. The number of rotatable bonds is 12. The standard InChI is InChI=1S/C35H50N10O12S/c1-17(2)28-32(55)43-23(16-58)34(57)45(33(56)18(3)19-8-5-4-6-9-19)15-25(47)40-20(10-7-11-38-35(36)37)29(52)39-14-24(46)41-21(12-26(48)49)30(53)42-22(13-27(50)51)31(54)44-28/h4-6,8-9,17-18,20-23,28,58H,7,10-16H2,1-3H3,(H,39,52)(H,40,47)(H,41,46)(H,42,53)(H,43,55)(H,44,54)(H,48,49)(H,50,51)(H4,36,37,38)/t18?,20-,21-,22-,23-,28-/m0/s1. The molecule has 0 saturated carbocycles. The molecule has 58 heavy (non-hydrogen) atoms. The van der Waals surface area contributed by atoms with Crippen molar-refractivity contribution in [3.05, 3.63) is 35.9 Å². The lowest BCUT2D eigenvalue weighted by Gasteiger charge is -2.30. The Kier molecular flexibility index (Phi) is 19.1. The molecule has 0 bridgehead atoms. The maximum atomic E-state index is 14.1. The third-order valence-corrected chi connectivity index (χ3v) is 8.98. The highest BCUT2D eigenvalue weighted by molar-refractivity contribution is 7.80. The van der Waals surface area contributed by atoms with Gasteiger partial charge in [0.2, 0.25) is 41.4 Å². The Morgan fingerprint density at radius 1 is 0.776 bits per heavy atom. The van der Waals surface area contributed by atoms with E-state index < -0.39 is 133 Å². The second-order valence-electron chi connectivity index (χ2n) is 13.5. The largest absolute Gasteiger partial charge is 0.481 e. The average Bonchev–Trinajstić information content (AvgIpc) is 3.16. The van der Waals surface area contributed by atoms with E-state index in [9.17, 15) is 58.2 Å². The topological polar surface area (TPSA) is 351 Å². The normalized spacial score (nSPS) is 22.5. The molecule has 0 aromatic heterocycles. The number of aliphatic carboxylic acids is 2. The van der Waals surface area contributed by atoms with Gasteiger partial charge in [0.15, 0.2) is 5.96 Å². The summed E-state index contributed by atoms with van der Waals surface area (Å²) in [6.07, 6.45) is -2.12. The predicted molar refractivity (Wildman–Crippen MR) is 207 cm³/mol. The number of carbonyl (C=O) groups excluding carboxylic acids is 8. The molecule has 1 aliphatic heterocycles. The summed E-state index contributed by atoms with van der Waals surface area (Å²) < 4.78 is 0. The van der Waals surface area contributed by atoms with Gasteiger partial charge in [0.05, 0.1) is 25.3 Å². The number of thiol groups is 1. The monoisotopic (exact) mass is 834 g/mol. The molecule has 318 valence electrons. The summed E-state index contributed by atoms with van der Waals surface area (Å²) in [6.45, 7) is 2.66. The summed E-state index contributed by atoms with van der Waals surface area (Å²) in [6, 6.07) is -0.0669. The Morgan fingerprint density at radius 2 is 1.33 bits per heavy atom. The molecule has 22 nitrogen and oxygen atoms in total. The van der Waals surface area contributed by atoms with Gasteiger partial charge in [0, 0.05) is 12.3 Å². The van der Waals surface area contributed by atoms with E-state index in [4.69, 9.17) is 11.5 Å². The first-order valence-corrected chi connectivity index (χ1v) is 18.7. The first kappa shape index (κ1) is 47.9. The Labute approximate surface area is 338 Å². The van der Waals surface area contributed by atoms with Gasteiger partial charge in [-0.3, -0.25) is 57.8 Å². The van der Waals surface area contributed by atoms with Crippen molar-refractivity contribution in [2.24, 2.45) is 22.4 Å². The Morgan fingerprint density at radius 3 is 1.88 bits per heavy atom. The molecular formula is C35H50N10O12S. The van der Waals surface area contributed by atoms with Crippen LogP contribution in [-0.2, 0) is 47.9 Å². The van der Waals surface area contributed by atoms with Crippen LogP contribution in [0.15, 0.2) is 35.3 Å². The van der Waals surface area contributed by atoms with Crippen LogP contribution in [0.4, 0.5) is 0 Å². The number of hydrogen-bond donors (Lipinski definition) is 11. The summed E-state index contributed by atoms with van der Waals surface area (Å²) in [4.78, 5) is 136. The summed E-state index contributed by atoms with van der Waals surface area (Å²) in [5, 5.41) is 32.6. The number of nitrogens with zero attached hydrogens (tertiary/aromatic N) is 2. The van der Waals surface area contributed by atoms with Crippen LogP contribution in [0.25, 0.3) is 0 Å². The molecule has 2 rings (SSSR count). The molecule has 1 aromatic rings. The molecule has 6 atom stereocenters. The van der Waals surface area contributed by atoms with Crippen LogP contribution in [0.5, 0.6) is 0 Å². The SMILES string of the molecule is CC(C(=O)N1CC(=O)N[C@@H](CCCN=C(N)N)C(=O)NCC(=O)N[C@@H](CC(=O)O)C(=O)N[C@@H](CC(=O)O)C(=O)N[C@@H](C(C)C)C(=O)N[C@@H](CS)C1=O)c1ccccc1. The number of carboxylic acids is 2. The van der Waals surface area contributed by atoms with E-state index in [1.807, 2.05) is 0 Å². The fourth-order valence-electron chi connectivity index (χ4n) is 5.54. The Hall–Kier alpha value is -6.26. The van der Waals surface area contributed by atoms with Crippen LogP contribution in [0.2, 0.25) is 0 Å². The molecule has 1 unspecified atom stereocenters. The highest BCUT2D eigenvalue weighted by Gasteiger charge is 2.38. The second kappa shape index (κ2) is 23.1. The maximum absolute atomic E-state index is 14.1. The number of nitrogens with one attached hydrogen (secondary N) is 6. The van der Waals surface area contributed by atoms with Crippen molar-refractivity contribution in [2.75, 3.05) is 25.4 Å². The van der Waals surface area contributed by atoms with Crippen LogP contribution in [-0.4, -0.2) is 136 Å². The molecule has 1 heterocycles. The average molecular weight is 835 g/mol. The smallest absolute Gasteiger partial charge is 0.305 e. The minimum Gasteiger partial charge on any atom is -0.481 e. The first-order chi connectivity index (χ1) is 27.2. The molecule has 1 aliphatic rings. The van der Waals surface area contributed by atoms with Gasteiger partial charge in [-0.1, -0.05) is 44.2 Å². The highest BCUT2D eigenvalue weighted by Crippen LogP contribution is 2.19. The van der Waals surface area contributed by atoms with Crippen LogP contribution < -0.4 is 43.4 Å². The summed E-state index contributed by atoms with van der Waals surface area (Å²) in [5.41, 5.74) is 11.2. The molecule has 12 N–H and O–H groups in total. The van der Waals surface area contributed by atoms with E-state index in [0.29, 0.717) is 10.5 Å². The van der Waals surface area contributed by atoms with Crippen molar-refractivity contribution in [1.82, 2.24) is 36.8 Å². The van der Waals surface area contributed by atoms with Crippen LogP contribution in [0, 0.1) is 5.92 Å². The van der Waals surface area contributed by atoms with Gasteiger partial charge >= 0.3 is 11.9 Å². The number of carboxylic acid groups (broad SMARTS) is 2. The molecular weight excluding hydrogens is 785 g/mol. The van der Waals surface area contributed by atoms with Gasteiger partial charge in [-0.2, -0.15) is 12.6 Å². The highest BCUT2D eigenvalue weighted by atomic mass is 32.1. The second-order valence-corrected chi connectivity index (χ2v) is 13.9. The quantitative estimate of drug-likeness (QED) is 0.0418. The van der Waals surface area contributed by atoms with E-state index in [2.05, 4.69) is 49.5 Å². The van der Waals surface area contributed by atoms with Crippen molar-refractivity contribution in [3.8, 4) is 0 Å². The number of guanidine groups is 1. The lowest BCUT2D eigenvalue weighted by molar-refractivity contribution is -0.150. The van der Waals surface area contributed by atoms with Gasteiger partial charge in [0.1, 0.15) is 36.8 Å². The molecule has 0 radical (unpaired) electrons. The fraction of sp³-hybridized carbons (Fsp3) is 0.514. The van der Waals surface area contributed by atoms with Crippen LogP contribution in [0.1, 0.15) is 57.9 Å². The van der Waals surface area contributed by atoms with E-state index >= 15 is 0 Å². The summed E-state index contributed by atoms with van der Waals surface area (Å²) in [7, 11) is 0. The molecule has 23 heteroatoms. The minimum absolute atomic E-state index is 0.00701. The number of amides is 8. The van der Waals surface area contributed by atoms with E-state index in [-0.39, 0.29) is 25.3 Å². The summed E-state index contributed by atoms with van der Waals surface area (Å²) >= 11 is 4.20. The third-order valence-electron chi connectivity index (χ3n) is 8.61. The van der Waals surface area contributed by atoms with Crippen LogP contribution in [0.3, 0.4) is 0 Å². The van der Waals surface area contributed by atoms with Gasteiger partial charge in [-0.05, 0) is 31.2 Å². The number of imide groups is 1. The first-order valence-electron chi connectivity index (χ1n) is 18.0. The van der Waals surface area contributed by atoms with Gasteiger partial charge < -0.3 is 53.6 Å². The molecule has 0 aliphatic carbocycles. The van der Waals surface area contributed by atoms with E-state index in [0.717, 1.165) is 0 Å². The fourth-order valence-corrected chi connectivity index (χ4v) is 5.79. The zero-order chi connectivity index (χ0) is 43.7. The molecule has 1 fully saturated rings. The molecule has 0 spiro atoms. The van der Waals surface area contributed by atoms with E-state index in [1.54, 1.807) is 30.3 Å². The van der Waals surface area contributed by atoms with Crippen LogP contribution >= 0.6 is 12.6 Å². The minimum atomic E-state index is -1.91. The van der Waals surface area contributed by atoms with Gasteiger partial charge in [0.25, 0.3) is 5.91 Å². The Balaban J connectivity index is 2.68. The van der Waals surface area contributed by atoms with Gasteiger partial charge in [-0.25, -0.2) is 0 Å². The lowest BCUT2D eigenvalue weighted by Crippen LogP contribution is -2.61. The number of carbonyl (C=O) groups is 10. The van der Waals surface area contributed by atoms with Gasteiger partial charge in [-0.15, -0.1) is 0 Å². The lowest BCUT2D eigenvalue weighted by atomic mass is 9.99. The van der Waals surface area contributed by atoms with Crippen molar-refractivity contribution in [2.45, 2.75) is 82.6 Å². The predicted octanol–water partition coefficient (Wildman–Crippen LogP) is -3.71. The maximum Gasteiger partial charge on any atom is 0.305 e.